The molecule has 1 aromatic heterocycles. The van der Waals surface area contributed by atoms with E-state index < -0.39 is 6.04 Å². The summed E-state index contributed by atoms with van der Waals surface area (Å²) in [6, 6.07) is 10.1. The van der Waals surface area contributed by atoms with E-state index in [1.165, 1.54) is 4.57 Å². The van der Waals surface area contributed by atoms with Crippen LogP contribution in [0.4, 0.5) is 11.4 Å². The molecular weight excluding hydrogens is 278 g/mol. The van der Waals surface area contributed by atoms with Gasteiger partial charge in [-0.25, -0.2) is 0 Å². The topological polar surface area (TPSA) is 77.1 Å². The van der Waals surface area contributed by atoms with Gasteiger partial charge in [0.1, 0.15) is 6.04 Å². The van der Waals surface area contributed by atoms with Crippen LogP contribution in [0.5, 0.6) is 0 Å². The van der Waals surface area contributed by atoms with Gasteiger partial charge in [0.05, 0.1) is 11.4 Å². The molecule has 0 radical (unpaired) electrons. The fraction of sp³-hybridized carbons (Fsp3) is 0.294. The SMILES string of the molecule is CCCC(C(=O)Nc1ccccc1N)n1cccc(C)c1=O. The number of anilines is 2. The summed E-state index contributed by atoms with van der Waals surface area (Å²) in [5, 5.41) is 2.82. The number of nitrogens with two attached hydrogens (primary N) is 1. The van der Waals surface area contributed by atoms with Crippen molar-refractivity contribution in [3.05, 3.63) is 58.5 Å². The smallest absolute Gasteiger partial charge is 0.254 e. The molecule has 116 valence electrons. The van der Waals surface area contributed by atoms with E-state index in [0.717, 1.165) is 6.42 Å². The third-order valence-corrected chi connectivity index (χ3v) is 3.58. The van der Waals surface area contributed by atoms with Gasteiger partial charge in [-0.2, -0.15) is 0 Å². The second-order valence-corrected chi connectivity index (χ2v) is 5.28. The zero-order valence-corrected chi connectivity index (χ0v) is 12.9. The van der Waals surface area contributed by atoms with E-state index in [4.69, 9.17) is 5.73 Å². The molecule has 5 nitrogen and oxygen atoms in total. The molecule has 5 heteroatoms. The molecule has 1 unspecified atom stereocenters. The Labute approximate surface area is 129 Å². The molecule has 0 saturated carbocycles. The highest BCUT2D eigenvalue weighted by Gasteiger charge is 2.21. The Bertz CT molecular complexity index is 722. The fourth-order valence-corrected chi connectivity index (χ4v) is 2.36. The summed E-state index contributed by atoms with van der Waals surface area (Å²) >= 11 is 0. The van der Waals surface area contributed by atoms with Crippen LogP contribution in [0.25, 0.3) is 0 Å². The van der Waals surface area contributed by atoms with Crippen molar-refractivity contribution in [3.8, 4) is 0 Å². The van der Waals surface area contributed by atoms with Crippen LogP contribution in [0.1, 0.15) is 31.4 Å². The minimum Gasteiger partial charge on any atom is -0.397 e. The molecule has 0 aliphatic rings. The van der Waals surface area contributed by atoms with Crippen LogP contribution in [-0.4, -0.2) is 10.5 Å². The lowest BCUT2D eigenvalue weighted by molar-refractivity contribution is -0.119. The Balaban J connectivity index is 2.32. The molecule has 0 aliphatic carbocycles. The monoisotopic (exact) mass is 299 g/mol. The second kappa shape index (κ2) is 6.93. The molecule has 0 fully saturated rings. The van der Waals surface area contributed by atoms with Crippen LogP contribution in [0.15, 0.2) is 47.4 Å². The molecule has 0 aliphatic heterocycles. The number of nitrogens with one attached hydrogen (secondary N) is 1. The first kappa shape index (κ1) is 15.8. The number of benzene rings is 1. The van der Waals surface area contributed by atoms with Crippen LogP contribution in [0, 0.1) is 6.92 Å². The first-order valence-corrected chi connectivity index (χ1v) is 7.37. The van der Waals surface area contributed by atoms with Crippen LogP contribution in [-0.2, 0) is 4.79 Å². The highest BCUT2D eigenvalue weighted by Crippen LogP contribution is 2.20. The van der Waals surface area contributed by atoms with Gasteiger partial charge in [0, 0.05) is 11.8 Å². The van der Waals surface area contributed by atoms with Gasteiger partial charge in [-0.1, -0.05) is 31.5 Å². The van der Waals surface area contributed by atoms with Crippen molar-refractivity contribution < 1.29 is 4.79 Å². The minimum absolute atomic E-state index is 0.142. The Kier molecular flexibility index (Phi) is 4.99. The van der Waals surface area contributed by atoms with Crippen LogP contribution < -0.4 is 16.6 Å². The number of aryl methyl sites for hydroxylation is 1. The van der Waals surface area contributed by atoms with Crippen molar-refractivity contribution >= 4 is 17.3 Å². The standard InChI is InChI=1S/C17H21N3O2/c1-3-7-15(20-11-6-8-12(2)17(20)22)16(21)19-14-10-5-4-9-13(14)18/h4-6,8-11,15H,3,7,18H2,1-2H3,(H,19,21). The van der Waals surface area contributed by atoms with Crippen LogP contribution in [0.2, 0.25) is 0 Å². The van der Waals surface area contributed by atoms with E-state index in [1.54, 1.807) is 49.5 Å². The number of aromatic nitrogens is 1. The molecule has 3 N–H and O–H groups in total. The molecule has 1 aromatic carbocycles. The number of carbonyl (C=O) groups excluding carboxylic acids is 1. The van der Waals surface area contributed by atoms with E-state index in [2.05, 4.69) is 5.32 Å². The Morgan fingerprint density at radius 3 is 2.68 bits per heavy atom. The normalized spacial score (nSPS) is 11.9. The molecule has 0 bridgehead atoms. The van der Waals surface area contributed by atoms with Gasteiger partial charge in [0.15, 0.2) is 0 Å². The van der Waals surface area contributed by atoms with Gasteiger partial charge in [0.25, 0.3) is 5.56 Å². The van der Waals surface area contributed by atoms with Crippen molar-refractivity contribution in [1.29, 1.82) is 0 Å². The Morgan fingerprint density at radius 2 is 2.00 bits per heavy atom. The number of hydrogen-bond acceptors (Lipinski definition) is 3. The average Bonchev–Trinajstić information content (AvgIpc) is 2.50. The maximum atomic E-state index is 12.6. The van der Waals surface area contributed by atoms with Crippen LogP contribution in [0.3, 0.4) is 0 Å². The molecule has 22 heavy (non-hydrogen) atoms. The van der Waals surface area contributed by atoms with E-state index in [0.29, 0.717) is 23.4 Å². The quantitative estimate of drug-likeness (QED) is 0.833. The summed E-state index contributed by atoms with van der Waals surface area (Å²) in [7, 11) is 0. The van der Waals surface area contributed by atoms with Gasteiger partial charge in [0.2, 0.25) is 5.91 Å². The summed E-state index contributed by atoms with van der Waals surface area (Å²) in [6.45, 7) is 3.73. The van der Waals surface area contributed by atoms with Crippen molar-refractivity contribution in [2.24, 2.45) is 0 Å². The van der Waals surface area contributed by atoms with Gasteiger partial charge in [-0.15, -0.1) is 0 Å². The number of nitrogen functional groups attached to an aromatic ring is 1. The number of hydrogen-bond donors (Lipinski definition) is 2. The lowest BCUT2D eigenvalue weighted by atomic mass is 10.1. The predicted octanol–water partition coefficient (Wildman–Crippen LogP) is 2.72. The summed E-state index contributed by atoms with van der Waals surface area (Å²) in [5.41, 5.74) is 7.40. The minimum atomic E-state index is -0.544. The summed E-state index contributed by atoms with van der Waals surface area (Å²) in [4.78, 5) is 24.9. The van der Waals surface area contributed by atoms with Gasteiger partial charge < -0.3 is 15.6 Å². The van der Waals surface area contributed by atoms with Gasteiger partial charge in [-0.05, 0) is 31.5 Å². The highest BCUT2D eigenvalue weighted by molar-refractivity contribution is 5.96. The lowest BCUT2D eigenvalue weighted by Crippen LogP contribution is -2.34. The van der Waals surface area contributed by atoms with E-state index >= 15 is 0 Å². The van der Waals surface area contributed by atoms with Gasteiger partial charge in [-0.3, -0.25) is 9.59 Å². The van der Waals surface area contributed by atoms with E-state index in [-0.39, 0.29) is 11.5 Å². The molecule has 2 aromatic rings. The van der Waals surface area contributed by atoms with Crippen molar-refractivity contribution in [1.82, 2.24) is 4.57 Å². The third kappa shape index (κ3) is 3.36. The predicted molar refractivity (Wildman–Crippen MR) is 88.9 cm³/mol. The van der Waals surface area contributed by atoms with Crippen molar-refractivity contribution in [2.75, 3.05) is 11.1 Å². The van der Waals surface area contributed by atoms with Crippen LogP contribution >= 0.6 is 0 Å². The van der Waals surface area contributed by atoms with Gasteiger partial charge >= 0.3 is 0 Å². The number of rotatable bonds is 5. The third-order valence-electron chi connectivity index (χ3n) is 3.58. The first-order chi connectivity index (χ1) is 10.5. The number of amides is 1. The molecular formula is C17H21N3O2. The molecule has 2 rings (SSSR count). The van der Waals surface area contributed by atoms with Crippen molar-refractivity contribution in [3.63, 3.8) is 0 Å². The number of nitrogens with zero attached hydrogens (tertiary/aromatic N) is 1. The number of para-hydroxylation sites is 2. The Hall–Kier alpha value is -2.56. The number of pyridine rings is 1. The molecule has 1 atom stereocenters. The zero-order valence-electron chi connectivity index (χ0n) is 12.9. The maximum absolute atomic E-state index is 12.6. The molecule has 1 amide bonds. The summed E-state index contributed by atoms with van der Waals surface area (Å²) in [5.74, 6) is -0.229. The summed E-state index contributed by atoms with van der Waals surface area (Å²) < 4.78 is 1.49. The zero-order chi connectivity index (χ0) is 16.1. The molecule has 0 saturated heterocycles. The molecule has 1 heterocycles. The first-order valence-electron chi connectivity index (χ1n) is 7.37. The fourth-order valence-electron chi connectivity index (χ4n) is 2.36. The van der Waals surface area contributed by atoms with Crippen molar-refractivity contribution in [2.45, 2.75) is 32.7 Å². The highest BCUT2D eigenvalue weighted by atomic mass is 16.2. The second-order valence-electron chi connectivity index (χ2n) is 5.28. The number of carbonyl (C=O) groups is 1. The molecule has 0 spiro atoms. The largest absolute Gasteiger partial charge is 0.397 e. The summed E-state index contributed by atoms with van der Waals surface area (Å²) in [6.07, 6.45) is 3.04. The average molecular weight is 299 g/mol. The Morgan fingerprint density at radius 1 is 1.27 bits per heavy atom. The van der Waals surface area contributed by atoms with E-state index in [1.807, 2.05) is 6.92 Å². The van der Waals surface area contributed by atoms with E-state index in [9.17, 15) is 9.59 Å². The lowest BCUT2D eigenvalue weighted by Gasteiger charge is -2.19. The maximum Gasteiger partial charge on any atom is 0.254 e.